The first-order valence-electron chi connectivity index (χ1n) is 6.23. The van der Waals surface area contributed by atoms with Crippen LogP contribution in [-0.4, -0.2) is 12.6 Å². The summed E-state index contributed by atoms with van der Waals surface area (Å²) in [7, 11) is 0. The quantitative estimate of drug-likeness (QED) is 0.447. The molecule has 1 saturated heterocycles. The van der Waals surface area contributed by atoms with Crippen molar-refractivity contribution < 1.29 is 19.3 Å². The van der Waals surface area contributed by atoms with E-state index in [-0.39, 0.29) is 0 Å². The molecule has 0 spiro atoms. The summed E-state index contributed by atoms with van der Waals surface area (Å²) in [5, 5.41) is 9.27. The second-order valence-corrected chi connectivity index (χ2v) is 4.27. The summed E-state index contributed by atoms with van der Waals surface area (Å²) >= 11 is 0. The molecule has 0 unspecified atom stereocenters. The molecule has 19 heavy (non-hydrogen) atoms. The van der Waals surface area contributed by atoms with Gasteiger partial charge in [0.2, 0.25) is 0 Å². The number of ether oxygens (including phenoxy) is 1. The standard InChI is InChI=1S/C14H15NO4/c15-11-14(12-7-3-1-4-8-12)17-13(18-19-14)9-5-2-6-10-16/h1,3-4,7-8,10,13H,2,5-6,9H2/t13-,14+/m0/s1. The summed E-state index contributed by atoms with van der Waals surface area (Å²) < 4.78 is 5.57. The molecule has 5 nitrogen and oxygen atoms in total. The first-order valence-corrected chi connectivity index (χ1v) is 6.23. The van der Waals surface area contributed by atoms with E-state index in [4.69, 9.17) is 14.5 Å². The van der Waals surface area contributed by atoms with Gasteiger partial charge in [-0.05, 0) is 12.8 Å². The minimum atomic E-state index is -1.49. The molecule has 1 aliphatic rings. The number of benzene rings is 1. The van der Waals surface area contributed by atoms with Gasteiger partial charge >= 0.3 is 5.79 Å². The Kier molecular flexibility index (Phi) is 4.63. The molecule has 5 heteroatoms. The molecule has 0 amide bonds. The molecule has 0 radical (unpaired) electrons. The fourth-order valence-electron chi connectivity index (χ4n) is 1.87. The summed E-state index contributed by atoms with van der Waals surface area (Å²) in [6, 6.07) is 11.0. The van der Waals surface area contributed by atoms with E-state index in [0.29, 0.717) is 18.4 Å². The highest BCUT2D eigenvalue weighted by molar-refractivity contribution is 5.48. The van der Waals surface area contributed by atoms with Gasteiger partial charge in [-0.15, -0.1) is 0 Å². The number of unbranched alkanes of at least 4 members (excludes halogenated alkanes) is 2. The summed E-state index contributed by atoms with van der Waals surface area (Å²) in [4.78, 5) is 20.4. The van der Waals surface area contributed by atoms with Gasteiger partial charge < -0.3 is 4.79 Å². The van der Waals surface area contributed by atoms with Gasteiger partial charge in [-0.1, -0.05) is 30.3 Å². The van der Waals surface area contributed by atoms with E-state index in [1.165, 1.54) is 0 Å². The van der Waals surface area contributed by atoms with Gasteiger partial charge in [-0.2, -0.15) is 15.0 Å². The Labute approximate surface area is 111 Å². The number of aldehydes is 1. The normalized spacial score (nSPS) is 25.9. The predicted octanol–water partition coefficient (Wildman–Crippen LogP) is 2.43. The number of nitrogens with zero attached hydrogens (tertiary/aromatic N) is 1. The van der Waals surface area contributed by atoms with Crippen LogP contribution in [0.2, 0.25) is 0 Å². The topological polar surface area (TPSA) is 68.5 Å². The fraction of sp³-hybridized carbons (Fsp3) is 0.429. The Morgan fingerprint density at radius 3 is 2.79 bits per heavy atom. The maximum atomic E-state index is 10.2. The number of hydrogen-bond donors (Lipinski definition) is 0. The highest BCUT2D eigenvalue weighted by Crippen LogP contribution is 2.35. The van der Waals surface area contributed by atoms with Gasteiger partial charge in [0.05, 0.1) is 0 Å². The molecule has 0 aliphatic carbocycles. The van der Waals surface area contributed by atoms with Crippen LogP contribution in [0.25, 0.3) is 0 Å². The van der Waals surface area contributed by atoms with Crippen LogP contribution in [0.3, 0.4) is 0 Å². The highest BCUT2D eigenvalue weighted by atomic mass is 17.3. The first-order chi connectivity index (χ1) is 9.30. The van der Waals surface area contributed by atoms with Crippen LogP contribution in [-0.2, 0) is 25.1 Å². The van der Waals surface area contributed by atoms with Crippen molar-refractivity contribution in [3.63, 3.8) is 0 Å². The van der Waals surface area contributed by atoms with Crippen molar-refractivity contribution in [3.05, 3.63) is 35.9 Å². The van der Waals surface area contributed by atoms with Crippen molar-refractivity contribution in [1.82, 2.24) is 0 Å². The molecule has 0 aromatic heterocycles. The molecule has 0 saturated carbocycles. The Morgan fingerprint density at radius 2 is 2.11 bits per heavy atom. The van der Waals surface area contributed by atoms with Gasteiger partial charge in [-0.25, -0.2) is 0 Å². The summed E-state index contributed by atoms with van der Waals surface area (Å²) in [5.41, 5.74) is 0.605. The van der Waals surface area contributed by atoms with E-state index in [2.05, 4.69) is 0 Å². The molecule has 0 N–H and O–H groups in total. The minimum absolute atomic E-state index is 0.523. The molecule has 1 aliphatic heterocycles. The third-order valence-electron chi connectivity index (χ3n) is 2.88. The van der Waals surface area contributed by atoms with Crippen LogP contribution < -0.4 is 0 Å². The third-order valence-corrected chi connectivity index (χ3v) is 2.88. The lowest BCUT2D eigenvalue weighted by Crippen LogP contribution is -2.25. The lowest BCUT2D eigenvalue weighted by atomic mass is 10.1. The maximum absolute atomic E-state index is 10.2. The molecule has 2 atom stereocenters. The van der Waals surface area contributed by atoms with E-state index in [1.807, 2.05) is 12.1 Å². The molecule has 1 aromatic rings. The van der Waals surface area contributed by atoms with E-state index >= 15 is 0 Å². The van der Waals surface area contributed by atoms with Gasteiger partial charge in [0.1, 0.15) is 12.4 Å². The first kappa shape index (κ1) is 13.7. The fourth-order valence-corrected chi connectivity index (χ4v) is 1.87. The van der Waals surface area contributed by atoms with Crippen molar-refractivity contribution in [2.75, 3.05) is 0 Å². The van der Waals surface area contributed by atoms with Crippen molar-refractivity contribution in [1.29, 1.82) is 5.26 Å². The Bertz CT molecular complexity index is 456. The lowest BCUT2D eigenvalue weighted by molar-refractivity contribution is -0.319. The van der Waals surface area contributed by atoms with Gasteiger partial charge in [0, 0.05) is 18.4 Å². The SMILES string of the molecule is N#C[C@]1(c2ccccc2)OO[C@@H](CCCCC=O)O1. The Balaban J connectivity index is 1.95. The number of carbonyl (C=O) groups excluding carboxylic acids is 1. The zero-order chi connectivity index (χ0) is 13.6. The minimum Gasteiger partial charge on any atom is -0.303 e. The zero-order valence-corrected chi connectivity index (χ0v) is 10.5. The van der Waals surface area contributed by atoms with Crippen LogP contribution >= 0.6 is 0 Å². The lowest BCUT2D eigenvalue weighted by Gasteiger charge is -2.16. The molecule has 1 fully saturated rings. The number of nitriles is 1. The van der Waals surface area contributed by atoms with Crippen LogP contribution in [0.1, 0.15) is 31.2 Å². The van der Waals surface area contributed by atoms with Crippen molar-refractivity contribution in [3.8, 4) is 6.07 Å². The molecular weight excluding hydrogens is 246 g/mol. The predicted molar refractivity (Wildman–Crippen MR) is 65.3 cm³/mol. The second-order valence-electron chi connectivity index (χ2n) is 4.27. The summed E-state index contributed by atoms with van der Waals surface area (Å²) in [6.45, 7) is 0. The summed E-state index contributed by atoms with van der Waals surface area (Å²) in [6.07, 6.45) is 2.98. The van der Waals surface area contributed by atoms with E-state index in [9.17, 15) is 10.1 Å². The number of carbonyl (C=O) groups is 1. The van der Waals surface area contributed by atoms with Gasteiger partial charge in [0.25, 0.3) is 0 Å². The third kappa shape index (κ3) is 3.18. The number of rotatable bonds is 6. The van der Waals surface area contributed by atoms with E-state index in [1.54, 1.807) is 24.3 Å². The molecule has 1 aromatic carbocycles. The zero-order valence-electron chi connectivity index (χ0n) is 10.5. The van der Waals surface area contributed by atoms with Crippen molar-refractivity contribution in [2.45, 2.75) is 37.8 Å². The van der Waals surface area contributed by atoms with Crippen LogP contribution in [0.4, 0.5) is 0 Å². The molecule has 2 rings (SSSR count). The molecular formula is C14H15NO4. The van der Waals surface area contributed by atoms with Crippen LogP contribution in [0.5, 0.6) is 0 Å². The number of hydrogen-bond acceptors (Lipinski definition) is 5. The monoisotopic (exact) mass is 261 g/mol. The Morgan fingerprint density at radius 1 is 1.32 bits per heavy atom. The van der Waals surface area contributed by atoms with Gasteiger partial charge in [-0.3, -0.25) is 4.74 Å². The average molecular weight is 261 g/mol. The largest absolute Gasteiger partial charge is 0.318 e. The highest BCUT2D eigenvalue weighted by Gasteiger charge is 2.45. The maximum Gasteiger partial charge on any atom is 0.318 e. The van der Waals surface area contributed by atoms with Gasteiger partial charge in [0.15, 0.2) is 6.29 Å². The van der Waals surface area contributed by atoms with E-state index < -0.39 is 12.1 Å². The Hall–Kier alpha value is -1.74. The van der Waals surface area contributed by atoms with E-state index in [0.717, 1.165) is 19.1 Å². The van der Waals surface area contributed by atoms with Crippen molar-refractivity contribution in [2.24, 2.45) is 0 Å². The second kappa shape index (κ2) is 6.43. The van der Waals surface area contributed by atoms with Crippen LogP contribution in [0.15, 0.2) is 30.3 Å². The average Bonchev–Trinajstić information content (AvgIpc) is 2.89. The smallest absolute Gasteiger partial charge is 0.303 e. The molecule has 100 valence electrons. The van der Waals surface area contributed by atoms with Crippen LogP contribution in [0, 0.1) is 11.3 Å². The summed E-state index contributed by atoms with van der Waals surface area (Å²) in [5.74, 6) is -1.49. The molecule has 1 heterocycles. The molecule has 0 bridgehead atoms. The van der Waals surface area contributed by atoms with Crippen molar-refractivity contribution >= 4 is 6.29 Å².